The maximum Gasteiger partial charge on any atom is 0.327 e. The Hall–Kier alpha value is -3.53. The van der Waals surface area contributed by atoms with Crippen molar-refractivity contribution in [2.24, 2.45) is 0 Å². The van der Waals surface area contributed by atoms with E-state index in [1.807, 2.05) is 12.1 Å². The minimum absolute atomic E-state index is 0.00674. The Labute approximate surface area is 231 Å². The van der Waals surface area contributed by atoms with Gasteiger partial charge in [-0.3, -0.25) is 4.79 Å². The summed E-state index contributed by atoms with van der Waals surface area (Å²) in [6.07, 6.45) is 0.996. The fourth-order valence-corrected chi connectivity index (χ4v) is 10.3. The average Bonchev–Trinajstić information content (AvgIpc) is 3.09. The van der Waals surface area contributed by atoms with Gasteiger partial charge in [-0.15, -0.1) is 6.58 Å². The smallest absolute Gasteiger partial charge is 0.294 e. The van der Waals surface area contributed by atoms with Gasteiger partial charge in [-0.05, 0) is 47.5 Å². The van der Waals surface area contributed by atoms with E-state index in [4.69, 9.17) is 0 Å². The van der Waals surface area contributed by atoms with Gasteiger partial charge < -0.3 is 0 Å². The zero-order chi connectivity index (χ0) is 27.8. The SMILES string of the molecule is C=CC(c1ccc2c(c1)CC(=O)c1ccccc1S2)C(F)(S(=O)(=O)c1ccccc1)S(=O)(=O)c1ccccc1. The Morgan fingerprint density at radius 3 is 1.87 bits per heavy atom. The standard InChI is InChI=1S/C30H23FO5S3/c1-2-26(21-17-18-28-22(19-21)20-27(32)25-15-9-10-16-29(25)37-28)30(31,38(33,34)23-11-5-3-6-12-23)39(35,36)24-13-7-4-8-14-24/h2-19,26H,1,20H2. The van der Waals surface area contributed by atoms with Crippen molar-refractivity contribution >= 4 is 37.2 Å². The number of sulfone groups is 2. The third-order valence-electron chi connectivity index (χ3n) is 6.65. The Morgan fingerprint density at radius 1 is 0.769 bits per heavy atom. The predicted molar refractivity (Wildman–Crippen MR) is 149 cm³/mol. The summed E-state index contributed by atoms with van der Waals surface area (Å²) in [6.45, 7) is 3.65. The van der Waals surface area contributed by atoms with Crippen LogP contribution in [-0.2, 0) is 26.1 Å². The number of fused-ring (bicyclic) bond motifs is 2. The number of halogens is 1. The Bertz CT molecular complexity index is 1720. The molecular formula is C30H23FO5S3. The molecule has 5 rings (SSSR count). The first-order valence-electron chi connectivity index (χ1n) is 11.9. The molecule has 1 heterocycles. The molecule has 1 atom stereocenters. The molecule has 0 fully saturated rings. The van der Waals surface area contributed by atoms with Crippen molar-refractivity contribution in [3.05, 3.63) is 132 Å². The van der Waals surface area contributed by atoms with Gasteiger partial charge in [-0.1, -0.05) is 84.6 Å². The summed E-state index contributed by atoms with van der Waals surface area (Å²) in [4.78, 5) is 13.6. The van der Waals surface area contributed by atoms with Crippen LogP contribution in [0.2, 0.25) is 0 Å². The molecule has 0 aliphatic carbocycles. The van der Waals surface area contributed by atoms with Crippen molar-refractivity contribution in [2.75, 3.05) is 0 Å². The first-order valence-corrected chi connectivity index (χ1v) is 15.7. The number of hydrogen-bond acceptors (Lipinski definition) is 6. The predicted octanol–water partition coefficient (Wildman–Crippen LogP) is 6.42. The average molecular weight is 579 g/mol. The summed E-state index contributed by atoms with van der Waals surface area (Å²) in [5, 5.41) is 0. The van der Waals surface area contributed by atoms with Crippen molar-refractivity contribution in [3.8, 4) is 0 Å². The first kappa shape index (κ1) is 27.1. The maximum atomic E-state index is 17.6. The van der Waals surface area contributed by atoms with Crippen LogP contribution in [0.4, 0.5) is 4.39 Å². The van der Waals surface area contributed by atoms with E-state index in [1.54, 1.807) is 30.3 Å². The maximum absolute atomic E-state index is 17.6. The molecule has 1 aliphatic heterocycles. The molecule has 0 amide bonds. The number of hydrogen-bond donors (Lipinski definition) is 0. The number of Topliss-reactive ketones (excluding diaryl/α,β-unsaturated/α-hetero) is 1. The number of carbonyl (C=O) groups is 1. The lowest BCUT2D eigenvalue weighted by atomic mass is 9.95. The van der Waals surface area contributed by atoms with Crippen molar-refractivity contribution in [2.45, 2.75) is 36.3 Å². The summed E-state index contributed by atoms with van der Waals surface area (Å²) in [7, 11) is -10.3. The summed E-state index contributed by atoms with van der Waals surface area (Å²) >= 11 is 1.37. The van der Waals surface area contributed by atoms with E-state index in [-0.39, 0.29) is 17.8 Å². The highest BCUT2D eigenvalue weighted by atomic mass is 32.3. The van der Waals surface area contributed by atoms with E-state index >= 15 is 4.39 Å². The van der Waals surface area contributed by atoms with E-state index in [9.17, 15) is 21.6 Å². The van der Waals surface area contributed by atoms with Crippen LogP contribution >= 0.6 is 11.8 Å². The number of rotatable bonds is 7. The molecule has 0 saturated carbocycles. The van der Waals surface area contributed by atoms with Gasteiger partial charge in [0, 0.05) is 21.8 Å². The van der Waals surface area contributed by atoms with Gasteiger partial charge in [0.15, 0.2) is 5.78 Å². The van der Waals surface area contributed by atoms with Crippen LogP contribution in [0, 0.1) is 0 Å². The van der Waals surface area contributed by atoms with Gasteiger partial charge in [-0.2, -0.15) is 0 Å². The van der Waals surface area contributed by atoms with Crippen molar-refractivity contribution in [1.29, 1.82) is 0 Å². The van der Waals surface area contributed by atoms with Crippen LogP contribution in [0.3, 0.4) is 0 Å². The molecule has 5 nitrogen and oxygen atoms in total. The lowest BCUT2D eigenvalue weighted by molar-refractivity contribution is 0.0990. The molecule has 1 unspecified atom stereocenters. The molecule has 198 valence electrons. The lowest BCUT2D eigenvalue weighted by Crippen LogP contribution is -2.47. The summed E-state index contributed by atoms with van der Waals surface area (Å²) in [5.74, 6) is -1.96. The molecule has 4 aromatic rings. The second-order valence-corrected chi connectivity index (χ2v) is 14.5. The van der Waals surface area contributed by atoms with Gasteiger partial charge in [0.1, 0.15) is 0 Å². The van der Waals surface area contributed by atoms with Gasteiger partial charge in [-0.25, -0.2) is 21.2 Å². The molecule has 9 heteroatoms. The molecule has 0 spiro atoms. The highest BCUT2D eigenvalue weighted by Crippen LogP contribution is 2.48. The first-order chi connectivity index (χ1) is 18.6. The third-order valence-corrected chi connectivity index (χ3v) is 12.9. The molecule has 1 aliphatic rings. The van der Waals surface area contributed by atoms with Crippen molar-refractivity contribution in [1.82, 2.24) is 0 Å². The fourth-order valence-electron chi connectivity index (χ4n) is 4.68. The largest absolute Gasteiger partial charge is 0.327 e. The van der Waals surface area contributed by atoms with Gasteiger partial charge >= 0.3 is 4.33 Å². The van der Waals surface area contributed by atoms with Crippen LogP contribution < -0.4 is 0 Å². The van der Waals surface area contributed by atoms with E-state index in [0.717, 1.165) is 40.1 Å². The highest BCUT2D eigenvalue weighted by Gasteiger charge is 2.62. The molecule has 0 N–H and O–H groups in total. The molecule has 0 bridgehead atoms. The van der Waals surface area contributed by atoms with E-state index < -0.39 is 39.7 Å². The summed E-state index contributed by atoms with van der Waals surface area (Å²) in [6, 6.07) is 25.2. The quantitative estimate of drug-likeness (QED) is 0.235. The summed E-state index contributed by atoms with van der Waals surface area (Å²) in [5.41, 5.74) is 1.17. The van der Waals surface area contributed by atoms with Crippen molar-refractivity contribution in [3.63, 3.8) is 0 Å². The van der Waals surface area contributed by atoms with Gasteiger partial charge in [0.2, 0.25) is 19.7 Å². The van der Waals surface area contributed by atoms with Crippen molar-refractivity contribution < 1.29 is 26.0 Å². The third kappa shape index (κ3) is 4.44. The second kappa shape index (κ2) is 10.2. The molecular weight excluding hydrogens is 556 g/mol. The Kier molecular flexibility index (Phi) is 7.09. The number of carbonyl (C=O) groups excluding carboxylic acids is 1. The molecule has 0 aromatic heterocycles. The van der Waals surface area contributed by atoms with Gasteiger partial charge in [0.25, 0.3) is 0 Å². The zero-order valence-electron chi connectivity index (χ0n) is 20.5. The molecule has 0 saturated heterocycles. The number of benzene rings is 4. The van der Waals surface area contributed by atoms with E-state index in [0.29, 0.717) is 11.1 Å². The van der Waals surface area contributed by atoms with Crippen LogP contribution in [-0.4, -0.2) is 27.0 Å². The minimum atomic E-state index is -5.15. The normalized spacial score (nSPS) is 14.5. The molecule has 39 heavy (non-hydrogen) atoms. The topological polar surface area (TPSA) is 85.3 Å². The fraction of sp³-hybridized carbons (Fsp3) is 0.100. The minimum Gasteiger partial charge on any atom is -0.294 e. The van der Waals surface area contributed by atoms with Crippen LogP contribution in [0.1, 0.15) is 27.4 Å². The van der Waals surface area contributed by atoms with E-state index in [2.05, 4.69) is 6.58 Å². The lowest BCUT2D eigenvalue weighted by Gasteiger charge is -2.32. The Balaban J connectivity index is 1.71. The highest BCUT2D eigenvalue weighted by molar-refractivity contribution is 8.10. The van der Waals surface area contributed by atoms with Crippen LogP contribution in [0.15, 0.2) is 135 Å². The van der Waals surface area contributed by atoms with Crippen LogP contribution in [0.5, 0.6) is 0 Å². The van der Waals surface area contributed by atoms with Crippen LogP contribution in [0.25, 0.3) is 0 Å². The Morgan fingerprint density at radius 2 is 1.31 bits per heavy atom. The molecule has 4 aromatic carbocycles. The van der Waals surface area contributed by atoms with E-state index in [1.165, 1.54) is 48.2 Å². The number of allylic oxidation sites excluding steroid dienone is 1. The number of alkyl halides is 1. The summed E-state index contributed by atoms with van der Waals surface area (Å²) < 4.78 is 69.4. The number of ketones is 1. The van der Waals surface area contributed by atoms with Gasteiger partial charge in [0.05, 0.1) is 15.7 Å². The second-order valence-electron chi connectivity index (χ2n) is 8.99. The monoisotopic (exact) mass is 578 g/mol. The molecule has 0 radical (unpaired) electrons. The zero-order valence-corrected chi connectivity index (χ0v) is 23.0.